The van der Waals surface area contributed by atoms with Gasteiger partial charge in [-0.2, -0.15) is 0 Å². The summed E-state index contributed by atoms with van der Waals surface area (Å²) in [6.45, 7) is 0. The molecule has 0 saturated carbocycles. The number of hydrogen-bond donors (Lipinski definition) is 0. The largest absolute Gasteiger partial charge is 0.378 e. The topological polar surface area (TPSA) is 57.7 Å². The van der Waals surface area contributed by atoms with Crippen LogP contribution in [0.1, 0.15) is 12.0 Å². The Hall–Kier alpha value is -1.38. The first-order valence-corrected chi connectivity index (χ1v) is 10.6. The normalized spacial score (nSPS) is 24.8. The van der Waals surface area contributed by atoms with Crippen LogP contribution < -0.4 is 4.90 Å². The number of carbonyl (C=O) groups excluding carboxylic acids is 1. The molecule has 2 aliphatic heterocycles. The molecule has 0 N–H and O–H groups in total. The summed E-state index contributed by atoms with van der Waals surface area (Å²) in [6.07, 6.45) is 2.27. The Bertz CT molecular complexity index is 813. The molecule has 1 atom stereocenters. The quantitative estimate of drug-likeness (QED) is 0.590. The number of carbonyl (C=O) groups is 1. The minimum Gasteiger partial charge on any atom is -0.378 e. The highest BCUT2D eigenvalue weighted by Crippen LogP contribution is 2.36. The summed E-state index contributed by atoms with van der Waals surface area (Å²) >= 11 is 6.54. The number of benzene rings is 1. The Morgan fingerprint density at radius 1 is 1.29 bits per heavy atom. The van der Waals surface area contributed by atoms with Crippen LogP contribution in [-0.4, -0.2) is 55.2 Å². The van der Waals surface area contributed by atoms with Gasteiger partial charge < -0.3 is 4.90 Å². The van der Waals surface area contributed by atoms with Gasteiger partial charge in [-0.3, -0.25) is 9.69 Å². The summed E-state index contributed by atoms with van der Waals surface area (Å²) in [6, 6.07) is 7.53. The predicted molar refractivity (Wildman–Crippen MR) is 103 cm³/mol. The van der Waals surface area contributed by atoms with Gasteiger partial charge in [0.15, 0.2) is 9.84 Å². The van der Waals surface area contributed by atoms with Crippen molar-refractivity contribution in [1.82, 2.24) is 4.90 Å². The molecule has 5 nitrogen and oxygen atoms in total. The van der Waals surface area contributed by atoms with Gasteiger partial charge in [-0.05, 0) is 30.2 Å². The number of rotatable bonds is 3. The Balaban J connectivity index is 1.81. The molecule has 0 aliphatic carbocycles. The number of thiocarbonyl (C=S) groups is 1. The molecule has 2 heterocycles. The van der Waals surface area contributed by atoms with E-state index in [1.165, 1.54) is 16.7 Å². The third-order valence-electron chi connectivity index (χ3n) is 4.10. The smallest absolute Gasteiger partial charge is 0.266 e. The molecule has 2 fully saturated rings. The Kier molecular flexibility index (Phi) is 4.72. The van der Waals surface area contributed by atoms with E-state index in [1.54, 1.807) is 0 Å². The van der Waals surface area contributed by atoms with Crippen LogP contribution in [0.3, 0.4) is 0 Å². The van der Waals surface area contributed by atoms with E-state index in [0.717, 1.165) is 11.3 Å². The van der Waals surface area contributed by atoms with Crippen molar-refractivity contribution in [1.29, 1.82) is 0 Å². The van der Waals surface area contributed by atoms with Crippen LogP contribution in [0.2, 0.25) is 0 Å². The first kappa shape index (κ1) is 17.4. The van der Waals surface area contributed by atoms with Gasteiger partial charge in [0.1, 0.15) is 4.32 Å². The van der Waals surface area contributed by atoms with Gasteiger partial charge in [0.2, 0.25) is 0 Å². The summed E-state index contributed by atoms with van der Waals surface area (Å²) in [5.74, 6) is -0.0619. The van der Waals surface area contributed by atoms with E-state index in [9.17, 15) is 13.2 Å². The molecule has 24 heavy (non-hydrogen) atoms. The lowest BCUT2D eigenvalue weighted by Gasteiger charge is -2.20. The molecule has 8 heteroatoms. The number of nitrogens with zero attached hydrogens (tertiary/aromatic N) is 2. The van der Waals surface area contributed by atoms with E-state index < -0.39 is 9.84 Å². The monoisotopic (exact) mass is 382 g/mol. The fourth-order valence-electron chi connectivity index (χ4n) is 2.79. The van der Waals surface area contributed by atoms with Crippen LogP contribution in [0.4, 0.5) is 5.69 Å². The fraction of sp³-hybridized carbons (Fsp3) is 0.375. The molecule has 1 unspecified atom stereocenters. The van der Waals surface area contributed by atoms with Gasteiger partial charge in [0.05, 0.1) is 22.5 Å². The lowest BCUT2D eigenvalue weighted by molar-refractivity contribution is -0.123. The standard InChI is InChI=1S/C16H18N2O3S3/c1-17(2)12-5-3-11(4-6-12)9-14-15(19)18(16(22)23-14)13-7-8-24(20,21)10-13/h3-6,9,13H,7-8,10H2,1-2H3/b14-9-. The molecule has 0 aromatic heterocycles. The number of hydrogen-bond acceptors (Lipinski definition) is 6. The SMILES string of the molecule is CN(C)c1ccc(/C=C2\SC(=S)N(C3CCS(=O)(=O)C3)C2=O)cc1. The number of anilines is 1. The van der Waals surface area contributed by atoms with Crippen LogP contribution in [0.25, 0.3) is 6.08 Å². The maximum atomic E-state index is 12.6. The Labute approximate surface area is 151 Å². The third-order valence-corrected chi connectivity index (χ3v) is 7.19. The van der Waals surface area contributed by atoms with Crippen molar-refractivity contribution in [2.45, 2.75) is 12.5 Å². The van der Waals surface area contributed by atoms with Crippen molar-refractivity contribution in [3.63, 3.8) is 0 Å². The van der Waals surface area contributed by atoms with E-state index in [-0.39, 0.29) is 23.5 Å². The maximum absolute atomic E-state index is 12.6. The van der Waals surface area contributed by atoms with E-state index in [1.807, 2.05) is 49.3 Å². The zero-order valence-corrected chi connectivity index (χ0v) is 15.9. The number of sulfone groups is 1. The molecule has 1 aromatic rings. The van der Waals surface area contributed by atoms with Gasteiger partial charge in [-0.25, -0.2) is 8.42 Å². The average Bonchev–Trinajstić information content (AvgIpc) is 2.99. The molecule has 2 aliphatic rings. The van der Waals surface area contributed by atoms with Crippen LogP contribution in [0.15, 0.2) is 29.2 Å². The van der Waals surface area contributed by atoms with Crippen LogP contribution >= 0.6 is 24.0 Å². The van der Waals surface area contributed by atoms with Crippen molar-refractivity contribution < 1.29 is 13.2 Å². The molecule has 0 spiro atoms. The molecule has 2 saturated heterocycles. The van der Waals surface area contributed by atoms with Crippen LogP contribution in [-0.2, 0) is 14.6 Å². The second-order valence-electron chi connectivity index (χ2n) is 6.09. The molecular formula is C16H18N2O3S3. The minimum absolute atomic E-state index is 0.00422. The number of amides is 1. The minimum atomic E-state index is -3.06. The molecule has 128 valence electrons. The summed E-state index contributed by atoms with van der Waals surface area (Å²) in [7, 11) is 0.880. The second kappa shape index (κ2) is 6.50. The zero-order chi connectivity index (χ0) is 17.5. The van der Waals surface area contributed by atoms with Gasteiger partial charge in [-0.15, -0.1) is 0 Å². The summed E-state index contributed by atoms with van der Waals surface area (Å²) < 4.78 is 23.8. The van der Waals surface area contributed by atoms with Crippen molar-refractivity contribution in [2.75, 3.05) is 30.5 Å². The highest BCUT2D eigenvalue weighted by molar-refractivity contribution is 8.26. The molecule has 1 amide bonds. The first-order chi connectivity index (χ1) is 11.3. The number of thioether (sulfide) groups is 1. The van der Waals surface area contributed by atoms with Gasteiger partial charge in [0.25, 0.3) is 5.91 Å². The average molecular weight is 383 g/mol. The van der Waals surface area contributed by atoms with E-state index in [2.05, 4.69) is 0 Å². The van der Waals surface area contributed by atoms with E-state index in [0.29, 0.717) is 15.6 Å². The van der Waals surface area contributed by atoms with Crippen molar-refractivity contribution in [2.24, 2.45) is 0 Å². The third kappa shape index (κ3) is 3.50. The Morgan fingerprint density at radius 2 is 1.96 bits per heavy atom. The molecule has 1 aromatic carbocycles. The van der Waals surface area contributed by atoms with Crippen molar-refractivity contribution in [3.8, 4) is 0 Å². The second-order valence-corrected chi connectivity index (χ2v) is 10.00. The summed E-state index contributed by atoms with van der Waals surface area (Å²) in [5, 5.41) is 0. The lowest BCUT2D eigenvalue weighted by Crippen LogP contribution is -2.39. The van der Waals surface area contributed by atoms with Crippen molar-refractivity contribution >= 4 is 55.8 Å². The van der Waals surface area contributed by atoms with E-state index in [4.69, 9.17) is 12.2 Å². The van der Waals surface area contributed by atoms with Crippen LogP contribution in [0.5, 0.6) is 0 Å². The van der Waals surface area contributed by atoms with Gasteiger partial charge >= 0.3 is 0 Å². The highest BCUT2D eigenvalue weighted by Gasteiger charge is 2.42. The molecule has 3 rings (SSSR count). The fourth-order valence-corrected chi connectivity index (χ4v) is 5.89. The predicted octanol–water partition coefficient (Wildman–Crippen LogP) is 2.14. The van der Waals surface area contributed by atoms with Crippen LogP contribution in [0, 0.1) is 0 Å². The first-order valence-electron chi connectivity index (χ1n) is 7.52. The summed E-state index contributed by atoms with van der Waals surface area (Å²) in [4.78, 5) is 16.7. The van der Waals surface area contributed by atoms with Gasteiger partial charge in [0, 0.05) is 19.8 Å². The van der Waals surface area contributed by atoms with E-state index >= 15 is 0 Å². The summed E-state index contributed by atoms with van der Waals surface area (Å²) in [5.41, 5.74) is 2.00. The highest BCUT2D eigenvalue weighted by atomic mass is 32.2. The molecule has 0 radical (unpaired) electrons. The molecular weight excluding hydrogens is 364 g/mol. The lowest BCUT2D eigenvalue weighted by atomic mass is 10.1. The Morgan fingerprint density at radius 3 is 2.50 bits per heavy atom. The van der Waals surface area contributed by atoms with Crippen molar-refractivity contribution in [3.05, 3.63) is 34.7 Å². The zero-order valence-electron chi connectivity index (χ0n) is 13.4. The maximum Gasteiger partial charge on any atom is 0.266 e. The van der Waals surface area contributed by atoms with Gasteiger partial charge in [-0.1, -0.05) is 36.1 Å². The molecule has 0 bridgehead atoms.